The molecule has 1 aliphatic heterocycles. The van der Waals surface area contributed by atoms with Crippen LogP contribution in [-0.2, 0) is 9.59 Å². The molecule has 0 saturated carbocycles. The molecule has 1 saturated heterocycles. The Balaban J connectivity index is 2.60. The number of carboxylic acid groups (broad SMARTS) is 1. The smallest absolute Gasteiger partial charge is 0.317 e. The van der Waals surface area contributed by atoms with E-state index in [9.17, 15) is 9.59 Å². The molecule has 1 fully saturated rings. The highest BCUT2D eigenvalue weighted by atomic mass is 16.4. The first-order chi connectivity index (χ1) is 11.0. The first-order valence-corrected chi connectivity index (χ1v) is 8.96. The van der Waals surface area contributed by atoms with Gasteiger partial charge < -0.3 is 10.0 Å². The topological polar surface area (TPSA) is 64.1 Å². The van der Waals surface area contributed by atoms with E-state index in [-0.39, 0.29) is 24.5 Å². The minimum Gasteiger partial charge on any atom is -0.480 e. The third kappa shape index (κ3) is 5.46. The van der Waals surface area contributed by atoms with Crippen molar-refractivity contribution in [2.45, 2.75) is 59.0 Å². The standard InChI is InChI=1S/C17H33N3O3/c1-5-15(18(6-2)7-3)17(23)20-11-9-14(10-12-20)19(8-4)13-16(21)22/h14-15H,5-13H2,1-4H3,(H,21,22). The van der Waals surface area contributed by atoms with Gasteiger partial charge in [-0.15, -0.1) is 0 Å². The first-order valence-electron chi connectivity index (χ1n) is 8.96. The van der Waals surface area contributed by atoms with Crippen LogP contribution >= 0.6 is 0 Å². The van der Waals surface area contributed by atoms with Crippen molar-refractivity contribution in [3.8, 4) is 0 Å². The van der Waals surface area contributed by atoms with Crippen molar-refractivity contribution < 1.29 is 14.7 Å². The third-order valence-electron chi connectivity index (χ3n) is 4.96. The fourth-order valence-electron chi connectivity index (χ4n) is 3.59. The average molecular weight is 327 g/mol. The van der Waals surface area contributed by atoms with Crippen LogP contribution in [0.2, 0.25) is 0 Å². The molecule has 6 nitrogen and oxygen atoms in total. The van der Waals surface area contributed by atoms with E-state index < -0.39 is 5.97 Å². The monoisotopic (exact) mass is 327 g/mol. The maximum absolute atomic E-state index is 12.8. The Labute approximate surface area is 140 Å². The predicted molar refractivity (Wildman–Crippen MR) is 91.5 cm³/mol. The summed E-state index contributed by atoms with van der Waals surface area (Å²) < 4.78 is 0. The minimum atomic E-state index is -0.780. The van der Waals surface area contributed by atoms with Gasteiger partial charge in [0.2, 0.25) is 5.91 Å². The zero-order chi connectivity index (χ0) is 17.4. The second-order valence-electron chi connectivity index (χ2n) is 6.16. The zero-order valence-corrected chi connectivity index (χ0v) is 15.1. The number of aliphatic carboxylic acids is 1. The lowest BCUT2D eigenvalue weighted by Gasteiger charge is -2.40. The fraction of sp³-hybridized carbons (Fsp3) is 0.882. The maximum atomic E-state index is 12.8. The molecule has 1 aliphatic rings. The molecule has 1 N–H and O–H groups in total. The largest absolute Gasteiger partial charge is 0.480 e. The Morgan fingerprint density at radius 1 is 1.09 bits per heavy atom. The second kappa shape index (κ2) is 9.88. The van der Waals surface area contributed by atoms with Gasteiger partial charge >= 0.3 is 5.97 Å². The van der Waals surface area contributed by atoms with E-state index in [1.165, 1.54) is 0 Å². The lowest BCUT2D eigenvalue weighted by molar-refractivity contribution is -0.141. The highest BCUT2D eigenvalue weighted by Gasteiger charge is 2.31. The van der Waals surface area contributed by atoms with Crippen LogP contribution in [0.1, 0.15) is 47.0 Å². The van der Waals surface area contributed by atoms with Gasteiger partial charge in [0.25, 0.3) is 0 Å². The summed E-state index contributed by atoms with van der Waals surface area (Å²) in [7, 11) is 0. The molecule has 0 radical (unpaired) electrons. The quantitative estimate of drug-likeness (QED) is 0.695. The lowest BCUT2D eigenvalue weighted by atomic mass is 10.0. The van der Waals surface area contributed by atoms with Crippen LogP contribution < -0.4 is 0 Å². The number of likely N-dealkylation sites (tertiary alicyclic amines) is 1. The van der Waals surface area contributed by atoms with Crippen LogP contribution in [-0.4, -0.2) is 83.0 Å². The van der Waals surface area contributed by atoms with E-state index >= 15 is 0 Å². The number of carboxylic acids is 1. The van der Waals surface area contributed by atoms with Crippen molar-refractivity contribution in [3.05, 3.63) is 0 Å². The summed E-state index contributed by atoms with van der Waals surface area (Å²) in [5.41, 5.74) is 0. The van der Waals surface area contributed by atoms with Gasteiger partial charge in [-0.3, -0.25) is 19.4 Å². The van der Waals surface area contributed by atoms with Gasteiger partial charge in [-0.05, 0) is 38.9 Å². The Morgan fingerprint density at radius 2 is 1.65 bits per heavy atom. The van der Waals surface area contributed by atoms with E-state index in [4.69, 9.17) is 5.11 Å². The van der Waals surface area contributed by atoms with E-state index in [1.54, 1.807) is 0 Å². The summed E-state index contributed by atoms with van der Waals surface area (Å²) in [6.07, 6.45) is 2.56. The molecule has 0 aromatic rings. The van der Waals surface area contributed by atoms with Crippen LogP contribution in [0.3, 0.4) is 0 Å². The molecule has 134 valence electrons. The fourth-order valence-corrected chi connectivity index (χ4v) is 3.59. The minimum absolute atomic E-state index is 0.0251. The van der Waals surface area contributed by atoms with E-state index in [0.717, 1.165) is 52.0 Å². The molecular weight excluding hydrogens is 294 g/mol. The van der Waals surface area contributed by atoms with Crippen LogP contribution in [0.5, 0.6) is 0 Å². The molecule has 1 rings (SSSR count). The lowest BCUT2D eigenvalue weighted by Crippen LogP contribution is -2.53. The number of carbonyl (C=O) groups excluding carboxylic acids is 1. The number of hydrogen-bond donors (Lipinski definition) is 1. The summed E-state index contributed by atoms with van der Waals surface area (Å²) in [4.78, 5) is 29.9. The number of piperidine rings is 1. The molecule has 1 heterocycles. The third-order valence-corrected chi connectivity index (χ3v) is 4.96. The molecule has 1 amide bonds. The Hall–Kier alpha value is -1.14. The molecule has 0 spiro atoms. The predicted octanol–water partition coefficient (Wildman–Crippen LogP) is 1.50. The summed E-state index contributed by atoms with van der Waals surface area (Å²) in [5, 5.41) is 8.99. The number of nitrogens with zero attached hydrogens (tertiary/aromatic N) is 3. The van der Waals surface area contributed by atoms with Crippen LogP contribution in [0, 0.1) is 0 Å². The van der Waals surface area contributed by atoms with Crippen LogP contribution in [0.25, 0.3) is 0 Å². The average Bonchev–Trinajstić information content (AvgIpc) is 2.56. The van der Waals surface area contributed by atoms with E-state index in [2.05, 4.69) is 25.7 Å². The van der Waals surface area contributed by atoms with Crippen molar-refractivity contribution in [1.82, 2.24) is 14.7 Å². The highest BCUT2D eigenvalue weighted by Crippen LogP contribution is 2.19. The molecule has 23 heavy (non-hydrogen) atoms. The highest BCUT2D eigenvalue weighted by molar-refractivity contribution is 5.82. The summed E-state index contributed by atoms with van der Waals surface area (Å²) in [6.45, 7) is 12.3. The van der Waals surface area contributed by atoms with Gasteiger partial charge in [0, 0.05) is 19.1 Å². The molecular formula is C17H33N3O3. The number of amides is 1. The molecule has 0 aromatic carbocycles. The maximum Gasteiger partial charge on any atom is 0.317 e. The number of hydrogen-bond acceptors (Lipinski definition) is 4. The summed E-state index contributed by atoms with van der Waals surface area (Å²) in [6, 6.07) is 0.247. The van der Waals surface area contributed by atoms with E-state index in [0.29, 0.717) is 0 Å². The Morgan fingerprint density at radius 3 is 2.04 bits per heavy atom. The van der Waals surface area contributed by atoms with Crippen molar-refractivity contribution in [2.75, 3.05) is 39.3 Å². The molecule has 0 bridgehead atoms. The number of rotatable bonds is 9. The number of likely N-dealkylation sites (N-methyl/N-ethyl adjacent to an activating group) is 2. The summed E-state index contributed by atoms with van der Waals surface area (Å²) >= 11 is 0. The van der Waals surface area contributed by atoms with E-state index in [1.807, 2.05) is 16.7 Å². The van der Waals surface area contributed by atoms with Gasteiger partial charge in [-0.25, -0.2) is 0 Å². The van der Waals surface area contributed by atoms with Crippen molar-refractivity contribution in [3.63, 3.8) is 0 Å². The number of carbonyl (C=O) groups is 2. The molecule has 0 aromatic heterocycles. The SMILES string of the molecule is CCC(C(=O)N1CCC(N(CC)CC(=O)O)CC1)N(CC)CC. The van der Waals surface area contributed by atoms with Crippen LogP contribution in [0.4, 0.5) is 0 Å². The zero-order valence-electron chi connectivity index (χ0n) is 15.1. The van der Waals surface area contributed by atoms with Crippen molar-refractivity contribution in [1.29, 1.82) is 0 Å². The van der Waals surface area contributed by atoms with Gasteiger partial charge in [-0.1, -0.05) is 27.7 Å². The first kappa shape index (κ1) is 19.9. The van der Waals surface area contributed by atoms with Gasteiger partial charge in [0.1, 0.15) is 0 Å². The normalized spacial score (nSPS) is 17.7. The molecule has 1 unspecified atom stereocenters. The Bertz CT molecular complexity index is 377. The van der Waals surface area contributed by atoms with Crippen molar-refractivity contribution in [2.24, 2.45) is 0 Å². The van der Waals surface area contributed by atoms with Crippen LogP contribution in [0.15, 0.2) is 0 Å². The molecule has 6 heteroatoms. The second-order valence-corrected chi connectivity index (χ2v) is 6.16. The van der Waals surface area contributed by atoms with Gasteiger partial charge in [-0.2, -0.15) is 0 Å². The molecule has 0 aliphatic carbocycles. The van der Waals surface area contributed by atoms with Gasteiger partial charge in [0.05, 0.1) is 12.6 Å². The Kier molecular flexibility index (Phi) is 8.55. The summed E-state index contributed by atoms with van der Waals surface area (Å²) in [5.74, 6) is -0.547. The molecule has 1 atom stereocenters. The van der Waals surface area contributed by atoms with Gasteiger partial charge in [0.15, 0.2) is 0 Å². The van der Waals surface area contributed by atoms with Crippen molar-refractivity contribution >= 4 is 11.9 Å².